The van der Waals surface area contributed by atoms with Gasteiger partial charge in [-0.05, 0) is 51.4 Å². The van der Waals surface area contributed by atoms with Crippen LogP contribution in [0.25, 0.3) is 0 Å². The lowest BCUT2D eigenvalue weighted by molar-refractivity contribution is -0.143. The molecule has 1 amide bonds. The molecule has 0 heterocycles. The van der Waals surface area contributed by atoms with E-state index in [1.165, 1.54) is 238 Å². The lowest BCUT2D eigenvalue weighted by Crippen LogP contribution is -2.45. The molecule has 0 rings (SSSR count). The van der Waals surface area contributed by atoms with Gasteiger partial charge in [0.15, 0.2) is 0 Å². The molecule has 0 aromatic heterocycles. The minimum Gasteiger partial charge on any atom is -0.466 e. The van der Waals surface area contributed by atoms with Gasteiger partial charge in [-0.15, -0.1) is 0 Å². The maximum absolute atomic E-state index is 12.5. The number of allylic oxidation sites excluding steroid dienone is 5. The molecule has 0 aromatic carbocycles. The lowest BCUT2D eigenvalue weighted by Gasteiger charge is -2.19. The van der Waals surface area contributed by atoms with Gasteiger partial charge in [0.05, 0.1) is 25.4 Å². The third kappa shape index (κ3) is 53.4. The van der Waals surface area contributed by atoms with E-state index in [9.17, 15) is 19.8 Å². The molecule has 6 nitrogen and oxygen atoms in total. The second kappa shape index (κ2) is 57.7. The van der Waals surface area contributed by atoms with Crippen LogP contribution in [-0.4, -0.2) is 47.4 Å². The zero-order valence-corrected chi connectivity index (χ0v) is 45.6. The molecule has 6 heteroatoms. The Kier molecular flexibility index (Phi) is 56.0. The molecule has 0 aromatic rings. The number of hydrogen-bond acceptors (Lipinski definition) is 5. The van der Waals surface area contributed by atoms with E-state index in [0.29, 0.717) is 25.9 Å². The number of unbranched alkanes of at least 4 members (excludes halogenated alkanes) is 41. The molecule has 400 valence electrons. The molecule has 2 atom stereocenters. The second-order valence-electron chi connectivity index (χ2n) is 20.7. The molecule has 0 radical (unpaired) electrons. The fourth-order valence-electron chi connectivity index (χ4n) is 9.27. The number of aliphatic hydroxyl groups is 2. The lowest BCUT2D eigenvalue weighted by atomic mass is 10.0. The highest BCUT2D eigenvalue weighted by molar-refractivity contribution is 5.76. The highest BCUT2D eigenvalue weighted by Gasteiger charge is 2.17. The van der Waals surface area contributed by atoms with Crippen molar-refractivity contribution in [2.24, 2.45) is 0 Å². The number of nitrogens with one attached hydrogen (secondary N) is 1. The van der Waals surface area contributed by atoms with Crippen molar-refractivity contribution in [3.8, 4) is 0 Å². The summed E-state index contributed by atoms with van der Waals surface area (Å²) in [6, 6.07) is -0.673. The van der Waals surface area contributed by atoms with Gasteiger partial charge in [0.2, 0.25) is 5.91 Å². The Morgan fingerprint density at radius 1 is 0.412 bits per heavy atom. The third-order valence-electron chi connectivity index (χ3n) is 13.9. The summed E-state index contributed by atoms with van der Waals surface area (Å²) in [6.07, 6.45) is 71.9. The molecule has 0 saturated carbocycles. The van der Waals surface area contributed by atoms with Gasteiger partial charge in [0.1, 0.15) is 0 Å². The molecule has 0 aliphatic carbocycles. The summed E-state index contributed by atoms with van der Waals surface area (Å²) in [4.78, 5) is 24.5. The molecular weight excluding hydrogens is 839 g/mol. The van der Waals surface area contributed by atoms with Crippen LogP contribution in [0.2, 0.25) is 0 Å². The zero-order valence-electron chi connectivity index (χ0n) is 45.6. The van der Waals surface area contributed by atoms with Gasteiger partial charge in [-0.25, -0.2) is 0 Å². The fraction of sp³-hybridized carbons (Fsp3) is 0.871. The van der Waals surface area contributed by atoms with Gasteiger partial charge in [-0.3, -0.25) is 9.59 Å². The maximum atomic E-state index is 12.5. The van der Waals surface area contributed by atoms with Crippen molar-refractivity contribution in [2.45, 2.75) is 334 Å². The summed E-state index contributed by atoms with van der Waals surface area (Å²) in [5, 5.41) is 23.1. The van der Waals surface area contributed by atoms with E-state index >= 15 is 0 Å². The van der Waals surface area contributed by atoms with Crippen LogP contribution in [0.15, 0.2) is 36.5 Å². The van der Waals surface area contributed by atoms with Crippen molar-refractivity contribution >= 4 is 11.9 Å². The summed E-state index contributed by atoms with van der Waals surface area (Å²) in [5.74, 6) is -0.162. The summed E-state index contributed by atoms with van der Waals surface area (Å²) in [6.45, 7) is 4.86. The summed E-state index contributed by atoms with van der Waals surface area (Å²) in [5.41, 5.74) is 0. The number of carbonyl (C=O) groups excluding carboxylic acids is 2. The molecule has 0 aliphatic rings. The molecule has 3 N–H and O–H groups in total. The molecule has 68 heavy (non-hydrogen) atoms. The first-order valence-corrected chi connectivity index (χ1v) is 30.3. The van der Waals surface area contributed by atoms with Crippen molar-refractivity contribution in [3.05, 3.63) is 36.5 Å². The SMILES string of the molecule is CCCCCCCCCCCCCCCCCCCCCCCCC/C=C/C(O)C(CO)NC(=O)CC/C=C\C/C=C\CCCCCCCCOC(=O)CCCCCCCCCCCCCCC. The number of carbonyl (C=O) groups is 2. The Balaban J connectivity index is 3.56. The molecule has 2 unspecified atom stereocenters. The first-order valence-electron chi connectivity index (χ1n) is 30.3. The van der Waals surface area contributed by atoms with Crippen LogP contribution < -0.4 is 5.32 Å². The molecule has 0 fully saturated rings. The van der Waals surface area contributed by atoms with Crippen LogP contribution in [0.3, 0.4) is 0 Å². The first-order chi connectivity index (χ1) is 33.5. The fourth-order valence-corrected chi connectivity index (χ4v) is 9.27. The summed E-state index contributed by atoms with van der Waals surface area (Å²) >= 11 is 0. The summed E-state index contributed by atoms with van der Waals surface area (Å²) in [7, 11) is 0. The van der Waals surface area contributed by atoms with E-state index in [1.807, 2.05) is 12.2 Å². The Labute approximate surface area is 424 Å². The average molecular weight is 957 g/mol. The van der Waals surface area contributed by atoms with Gasteiger partial charge in [0, 0.05) is 12.8 Å². The van der Waals surface area contributed by atoms with Crippen LogP contribution in [0.5, 0.6) is 0 Å². The van der Waals surface area contributed by atoms with Gasteiger partial charge in [-0.1, -0.05) is 294 Å². The normalized spacial score (nSPS) is 12.8. The van der Waals surface area contributed by atoms with Crippen LogP contribution in [0.1, 0.15) is 322 Å². The van der Waals surface area contributed by atoms with Gasteiger partial charge >= 0.3 is 5.97 Å². The van der Waals surface area contributed by atoms with E-state index in [-0.39, 0.29) is 18.5 Å². The van der Waals surface area contributed by atoms with E-state index in [0.717, 1.165) is 51.4 Å². The van der Waals surface area contributed by atoms with Crippen molar-refractivity contribution in [3.63, 3.8) is 0 Å². The Morgan fingerprint density at radius 3 is 1.15 bits per heavy atom. The van der Waals surface area contributed by atoms with Gasteiger partial charge in [0.25, 0.3) is 0 Å². The average Bonchev–Trinajstić information content (AvgIpc) is 3.34. The molecule has 0 aliphatic heterocycles. The Morgan fingerprint density at radius 2 is 0.750 bits per heavy atom. The van der Waals surface area contributed by atoms with Gasteiger partial charge < -0.3 is 20.3 Å². The number of ether oxygens (including phenoxy) is 1. The van der Waals surface area contributed by atoms with Crippen molar-refractivity contribution in [1.29, 1.82) is 0 Å². The number of hydrogen-bond donors (Lipinski definition) is 3. The van der Waals surface area contributed by atoms with Crippen molar-refractivity contribution in [2.75, 3.05) is 13.2 Å². The first kappa shape index (κ1) is 66.1. The second-order valence-corrected chi connectivity index (χ2v) is 20.7. The minimum atomic E-state index is -0.880. The minimum absolute atomic E-state index is 0.0165. The van der Waals surface area contributed by atoms with E-state index in [2.05, 4.69) is 37.4 Å². The maximum Gasteiger partial charge on any atom is 0.305 e. The Hall–Kier alpha value is -1.92. The van der Waals surface area contributed by atoms with E-state index in [4.69, 9.17) is 4.74 Å². The van der Waals surface area contributed by atoms with Gasteiger partial charge in [-0.2, -0.15) is 0 Å². The molecule has 0 bridgehead atoms. The molecule has 0 spiro atoms. The largest absolute Gasteiger partial charge is 0.466 e. The van der Waals surface area contributed by atoms with Crippen molar-refractivity contribution < 1.29 is 24.5 Å². The molecule has 0 saturated heterocycles. The third-order valence-corrected chi connectivity index (χ3v) is 13.9. The summed E-state index contributed by atoms with van der Waals surface area (Å²) < 4.78 is 5.45. The number of rotatable bonds is 56. The van der Waals surface area contributed by atoms with Crippen LogP contribution in [0, 0.1) is 0 Å². The number of amides is 1. The van der Waals surface area contributed by atoms with Crippen LogP contribution >= 0.6 is 0 Å². The van der Waals surface area contributed by atoms with Crippen molar-refractivity contribution in [1.82, 2.24) is 5.32 Å². The highest BCUT2D eigenvalue weighted by Crippen LogP contribution is 2.17. The smallest absolute Gasteiger partial charge is 0.305 e. The standard InChI is InChI=1S/C62H117NO5/c1-3-5-7-9-11-13-15-17-18-19-20-21-22-23-24-25-26-27-28-31-34-38-42-46-50-54-60(65)59(58-64)63-61(66)55-51-47-43-39-35-32-29-33-37-41-45-49-53-57-68-62(67)56-52-48-44-40-36-30-16-14-12-10-8-6-4-2/h32,35,43,47,50,54,59-60,64-65H,3-31,33-34,36-42,44-46,48-49,51-53,55-58H2,1-2H3,(H,63,66)/b35-32-,47-43-,54-50+. The predicted molar refractivity (Wildman–Crippen MR) is 296 cm³/mol. The van der Waals surface area contributed by atoms with Crippen LogP contribution in [0.4, 0.5) is 0 Å². The number of aliphatic hydroxyl groups excluding tert-OH is 2. The number of esters is 1. The monoisotopic (exact) mass is 956 g/mol. The Bertz CT molecular complexity index is 1100. The zero-order chi connectivity index (χ0) is 49.3. The topological polar surface area (TPSA) is 95.9 Å². The predicted octanol–water partition coefficient (Wildman–Crippen LogP) is 18.8. The quantitative estimate of drug-likeness (QED) is 0.0321. The highest BCUT2D eigenvalue weighted by atomic mass is 16.5. The van der Waals surface area contributed by atoms with Crippen LogP contribution in [-0.2, 0) is 14.3 Å². The molecular formula is C62H117NO5. The van der Waals surface area contributed by atoms with E-state index in [1.54, 1.807) is 6.08 Å². The van der Waals surface area contributed by atoms with E-state index < -0.39 is 12.1 Å².